The van der Waals surface area contributed by atoms with Gasteiger partial charge >= 0.3 is 0 Å². The summed E-state index contributed by atoms with van der Waals surface area (Å²) in [6.07, 6.45) is 2.15. The van der Waals surface area contributed by atoms with E-state index in [9.17, 15) is 0 Å². The third kappa shape index (κ3) is 7.28. The number of methoxy groups -OCH3 is 1. The fourth-order valence-corrected chi connectivity index (χ4v) is 2.10. The van der Waals surface area contributed by atoms with E-state index in [0.29, 0.717) is 0 Å². The second kappa shape index (κ2) is 10.7. The third-order valence-corrected chi connectivity index (χ3v) is 3.37. The van der Waals surface area contributed by atoms with E-state index in [1.165, 1.54) is 0 Å². The van der Waals surface area contributed by atoms with Gasteiger partial charge in [0.1, 0.15) is 0 Å². The lowest BCUT2D eigenvalue weighted by molar-refractivity contribution is 0.0644. The van der Waals surface area contributed by atoms with E-state index in [4.69, 9.17) is 15.2 Å². The molecule has 0 aromatic carbocycles. The van der Waals surface area contributed by atoms with Crippen molar-refractivity contribution >= 4 is 0 Å². The summed E-state index contributed by atoms with van der Waals surface area (Å²) < 4.78 is 10.7. The molecule has 0 aromatic heterocycles. The van der Waals surface area contributed by atoms with Crippen LogP contribution in [0.25, 0.3) is 0 Å². The number of nitrogens with zero attached hydrogens (tertiary/aromatic N) is 2. The number of hydrogen-bond donors (Lipinski definition) is 1. The Kier molecular flexibility index (Phi) is 9.42. The summed E-state index contributed by atoms with van der Waals surface area (Å²) in [6.45, 7) is 10.0. The van der Waals surface area contributed by atoms with E-state index in [1.54, 1.807) is 7.11 Å². The van der Waals surface area contributed by atoms with Gasteiger partial charge in [0, 0.05) is 53.0 Å². The molecule has 0 aromatic rings. The van der Waals surface area contributed by atoms with Crippen molar-refractivity contribution in [1.82, 2.24) is 9.80 Å². The predicted octanol–water partition coefficient (Wildman–Crippen LogP) is 0.00590. The van der Waals surface area contributed by atoms with Gasteiger partial charge in [-0.1, -0.05) is 0 Å². The second-order valence-electron chi connectivity index (χ2n) is 4.78. The Bertz CT molecular complexity index is 185. The van der Waals surface area contributed by atoms with Gasteiger partial charge in [0.15, 0.2) is 0 Å². The van der Waals surface area contributed by atoms with Crippen molar-refractivity contribution in [3.8, 4) is 0 Å². The van der Waals surface area contributed by atoms with Gasteiger partial charge in [-0.2, -0.15) is 0 Å². The Balaban J connectivity index is 1.92. The van der Waals surface area contributed by atoms with Crippen LogP contribution in [0.15, 0.2) is 0 Å². The SMILES string of the molecule is COCCN1CCN(CCOCCCCN)CC1. The van der Waals surface area contributed by atoms with Crippen molar-refractivity contribution in [2.24, 2.45) is 5.73 Å². The minimum atomic E-state index is 0.771. The zero-order valence-corrected chi connectivity index (χ0v) is 11.8. The van der Waals surface area contributed by atoms with Crippen LogP contribution in [-0.2, 0) is 9.47 Å². The standard InChI is InChI=1S/C13H29N3O2/c1-17-12-9-15-5-7-16(8-6-15)10-13-18-11-3-2-4-14/h2-14H2,1H3. The molecule has 18 heavy (non-hydrogen) atoms. The molecule has 5 heteroatoms. The fourth-order valence-electron chi connectivity index (χ4n) is 2.10. The maximum absolute atomic E-state index is 5.60. The average molecular weight is 259 g/mol. The highest BCUT2D eigenvalue weighted by Gasteiger charge is 2.15. The Morgan fingerprint density at radius 2 is 1.50 bits per heavy atom. The van der Waals surface area contributed by atoms with Crippen molar-refractivity contribution in [3.05, 3.63) is 0 Å². The van der Waals surface area contributed by atoms with Crippen LogP contribution >= 0.6 is 0 Å². The molecule has 0 amide bonds. The number of ether oxygens (including phenoxy) is 2. The molecule has 108 valence electrons. The van der Waals surface area contributed by atoms with Crippen molar-refractivity contribution < 1.29 is 9.47 Å². The lowest BCUT2D eigenvalue weighted by Crippen LogP contribution is -2.48. The summed E-state index contributed by atoms with van der Waals surface area (Å²) in [4.78, 5) is 4.94. The molecule has 0 aliphatic carbocycles. The lowest BCUT2D eigenvalue weighted by Gasteiger charge is -2.34. The van der Waals surface area contributed by atoms with Crippen LogP contribution in [0, 0.1) is 0 Å². The molecule has 5 nitrogen and oxygen atoms in total. The number of piperazine rings is 1. The molecule has 1 rings (SSSR count). The van der Waals surface area contributed by atoms with Gasteiger partial charge in [-0.3, -0.25) is 9.80 Å². The fraction of sp³-hybridized carbons (Fsp3) is 1.00. The highest BCUT2D eigenvalue weighted by molar-refractivity contribution is 4.71. The Hall–Kier alpha value is -0.200. The first kappa shape index (κ1) is 15.9. The highest BCUT2D eigenvalue weighted by Crippen LogP contribution is 2.01. The minimum Gasteiger partial charge on any atom is -0.383 e. The normalized spacial score (nSPS) is 18.3. The lowest BCUT2D eigenvalue weighted by atomic mass is 10.3. The molecule has 2 N–H and O–H groups in total. The minimum absolute atomic E-state index is 0.771. The average Bonchev–Trinajstić information content (AvgIpc) is 2.42. The van der Waals surface area contributed by atoms with Crippen LogP contribution in [0.4, 0.5) is 0 Å². The molecule has 0 spiro atoms. The quantitative estimate of drug-likeness (QED) is 0.560. The van der Waals surface area contributed by atoms with E-state index in [-0.39, 0.29) is 0 Å². The van der Waals surface area contributed by atoms with E-state index >= 15 is 0 Å². The van der Waals surface area contributed by atoms with Gasteiger partial charge in [-0.05, 0) is 19.4 Å². The summed E-state index contributed by atoms with van der Waals surface area (Å²) in [5, 5.41) is 0. The molecule has 1 fully saturated rings. The van der Waals surface area contributed by atoms with Crippen LogP contribution in [0.2, 0.25) is 0 Å². The van der Waals surface area contributed by atoms with E-state index in [2.05, 4.69) is 9.80 Å². The summed E-state index contributed by atoms with van der Waals surface area (Å²) in [7, 11) is 1.76. The summed E-state index contributed by atoms with van der Waals surface area (Å²) in [6, 6.07) is 0. The molecular formula is C13H29N3O2. The van der Waals surface area contributed by atoms with Crippen LogP contribution in [0.5, 0.6) is 0 Å². The van der Waals surface area contributed by atoms with Crippen LogP contribution < -0.4 is 5.73 Å². The Morgan fingerprint density at radius 3 is 2.06 bits per heavy atom. The monoisotopic (exact) mass is 259 g/mol. The summed E-state index contributed by atoms with van der Waals surface area (Å²) >= 11 is 0. The number of unbranched alkanes of at least 4 members (excludes halogenated alkanes) is 1. The first-order valence-corrected chi connectivity index (χ1v) is 7.08. The molecule has 0 unspecified atom stereocenters. The number of rotatable bonds is 10. The zero-order chi connectivity index (χ0) is 13.1. The van der Waals surface area contributed by atoms with Crippen molar-refractivity contribution in [2.75, 3.05) is 72.7 Å². The third-order valence-electron chi connectivity index (χ3n) is 3.37. The molecule has 0 atom stereocenters. The maximum atomic E-state index is 5.60. The second-order valence-corrected chi connectivity index (χ2v) is 4.78. The first-order valence-electron chi connectivity index (χ1n) is 7.08. The topological polar surface area (TPSA) is 51.0 Å². The van der Waals surface area contributed by atoms with Gasteiger partial charge in [-0.25, -0.2) is 0 Å². The molecule has 0 radical (unpaired) electrons. The summed E-state index contributed by atoms with van der Waals surface area (Å²) in [5.74, 6) is 0. The molecule has 0 saturated carbocycles. The molecule has 1 aliphatic heterocycles. The van der Waals surface area contributed by atoms with Gasteiger partial charge in [-0.15, -0.1) is 0 Å². The van der Waals surface area contributed by atoms with Crippen LogP contribution in [0.3, 0.4) is 0 Å². The molecule has 1 aliphatic rings. The van der Waals surface area contributed by atoms with E-state index in [1.807, 2.05) is 0 Å². The van der Waals surface area contributed by atoms with Crippen LogP contribution in [0.1, 0.15) is 12.8 Å². The highest BCUT2D eigenvalue weighted by atomic mass is 16.5. The number of hydrogen-bond acceptors (Lipinski definition) is 5. The Labute approximate surface area is 111 Å². The molecular weight excluding hydrogens is 230 g/mol. The first-order chi connectivity index (χ1) is 8.86. The zero-order valence-electron chi connectivity index (χ0n) is 11.8. The largest absolute Gasteiger partial charge is 0.383 e. The molecule has 1 heterocycles. The van der Waals surface area contributed by atoms with E-state index in [0.717, 1.165) is 78.5 Å². The van der Waals surface area contributed by atoms with Crippen molar-refractivity contribution in [2.45, 2.75) is 12.8 Å². The maximum Gasteiger partial charge on any atom is 0.0593 e. The van der Waals surface area contributed by atoms with Gasteiger partial charge < -0.3 is 15.2 Å². The van der Waals surface area contributed by atoms with Gasteiger partial charge in [0.05, 0.1) is 13.2 Å². The summed E-state index contributed by atoms with van der Waals surface area (Å²) in [5.41, 5.74) is 5.43. The van der Waals surface area contributed by atoms with Crippen LogP contribution in [-0.4, -0.2) is 82.5 Å². The molecule has 1 saturated heterocycles. The van der Waals surface area contributed by atoms with Gasteiger partial charge in [0.25, 0.3) is 0 Å². The van der Waals surface area contributed by atoms with E-state index < -0.39 is 0 Å². The van der Waals surface area contributed by atoms with Gasteiger partial charge in [0.2, 0.25) is 0 Å². The number of nitrogens with two attached hydrogens (primary N) is 1. The predicted molar refractivity (Wildman–Crippen MR) is 73.9 cm³/mol. The molecule has 0 bridgehead atoms. The smallest absolute Gasteiger partial charge is 0.0593 e. The van der Waals surface area contributed by atoms with Crippen molar-refractivity contribution in [1.29, 1.82) is 0 Å². The Morgan fingerprint density at radius 1 is 0.889 bits per heavy atom. The van der Waals surface area contributed by atoms with Crippen molar-refractivity contribution in [3.63, 3.8) is 0 Å².